The Morgan fingerprint density at radius 1 is 1.28 bits per heavy atom. The average molecular weight is 276 g/mol. The minimum Gasteiger partial charge on any atom is -0.467 e. The van der Waals surface area contributed by atoms with E-state index in [9.17, 15) is 14.4 Å². The van der Waals surface area contributed by atoms with Gasteiger partial charge in [0.15, 0.2) is 0 Å². The number of carbonyl (C=O) groups is 3. The molecule has 0 aromatic carbocycles. The van der Waals surface area contributed by atoms with E-state index >= 15 is 0 Å². The normalized spacial score (nSPS) is 11.7. The topological polar surface area (TPSA) is 98.5 Å². The van der Waals surface area contributed by atoms with Gasteiger partial charge in [-0.3, -0.25) is 9.59 Å². The number of esters is 1. The number of hydrogen-bond acceptors (Lipinski definition) is 4. The van der Waals surface area contributed by atoms with Crippen LogP contribution >= 0.6 is 9.24 Å². The molecule has 0 radical (unpaired) electrons. The van der Waals surface area contributed by atoms with Gasteiger partial charge in [-0.2, -0.15) is 0 Å². The number of amides is 2. The van der Waals surface area contributed by atoms with E-state index in [4.69, 9.17) is 5.73 Å². The fourth-order valence-electron chi connectivity index (χ4n) is 1.37. The molecule has 0 heterocycles. The van der Waals surface area contributed by atoms with Gasteiger partial charge in [-0.15, -0.1) is 9.24 Å². The SMILES string of the molecule is COC(=O)C(CCC(N)=O)NC(=O)CCCCP. The number of unbranched alkanes of at least 4 members (excludes halogenated alkanes) is 1. The van der Waals surface area contributed by atoms with Gasteiger partial charge in [-0.05, 0) is 25.4 Å². The summed E-state index contributed by atoms with van der Waals surface area (Å²) in [6.07, 6.45) is 3.19. The van der Waals surface area contributed by atoms with E-state index in [0.717, 1.165) is 19.0 Å². The summed E-state index contributed by atoms with van der Waals surface area (Å²) in [6, 6.07) is -0.800. The Kier molecular flexibility index (Phi) is 9.19. The number of methoxy groups -OCH3 is 1. The molecule has 0 saturated carbocycles. The Morgan fingerprint density at radius 3 is 2.44 bits per heavy atom. The maximum atomic E-state index is 11.6. The van der Waals surface area contributed by atoms with E-state index < -0.39 is 17.9 Å². The van der Waals surface area contributed by atoms with Crippen LogP contribution in [-0.4, -0.2) is 37.1 Å². The molecule has 0 aliphatic carbocycles. The summed E-state index contributed by atoms with van der Waals surface area (Å²) in [7, 11) is 3.82. The van der Waals surface area contributed by atoms with Crippen LogP contribution in [0.2, 0.25) is 0 Å². The Labute approximate surface area is 109 Å². The first kappa shape index (κ1) is 16.8. The monoisotopic (exact) mass is 276 g/mol. The molecule has 2 amide bonds. The highest BCUT2D eigenvalue weighted by Crippen LogP contribution is 2.03. The fraction of sp³-hybridized carbons (Fsp3) is 0.727. The number of hydrogen-bond donors (Lipinski definition) is 2. The van der Waals surface area contributed by atoms with Crippen molar-refractivity contribution in [2.75, 3.05) is 13.3 Å². The van der Waals surface area contributed by atoms with E-state index in [0.29, 0.717) is 6.42 Å². The predicted octanol–water partition coefficient (Wildman–Crippen LogP) is -0.0449. The molecule has 2 unspecified atom stereocenters. The zero-order valence-electron chi connectivity index (χ0n) is 10.6. The van der Waals surface area contributed by atoms with Crippen molar-refractivity contribution in [2.45, 2.75) is 38.1 Å². The van der Waals surface area contributed by atoms with Crippen LogP contribution in [0.1, 0.15) is 32.1 Å². The highest BCUT2D eigenvalue weighted by molar-refractivity contribution is 7.16. The zero-order chi connectivity index (χ0) is 14.0. The molecule has 6 nitrogen and oxygen atoms in total. The molecule has 7 heteroatoms. The smallest absolute Gasteiger partial charge is 0.328 e. The maximum absolute atomic E-state index is 11.6. The van der Waals surface area contributed by atoms with Crippen molar-refractivity contribution in [2.24, 2.45) is 5.73 Å². The van der Waals surface area contributed by atoms with Gasteiger partial charge in [0.1, 0.15) is 6.04 Å². The first-order chi connectivity index (χ1) is 8.51. The minimum absolute atomic E-state index is 0.0334. The standard InChI is InChI=1S/C11H21N2O4P/c1-17-11(16)8(5-6-9(12)14)13-10(15)4-2-3-7-18/h8H,2-7,18H2,1H3,(H2,12,14)(H,13,15). The summed E-state index contributed by atoms with van der Waals surface area (Å²) in [5.41, 5.74) is 5.01. The van der Waals surface area contributed by atoms with Gasteiger partial charge in [0, 0.05) is 12.8 Å². The van der Waals surface area contributed by atoms with Gasteiger partial charge in [0.05, 0.1) is 7.11 Å². The van der Waals surface area contributed by atoms with Gasteiger partial charge in [-0.25, -0.2) is 4.79 Å². The number of nitrogens with two attached hydrogens (primary N) is 1. The third-order valence-corrected chi connectivity index (χ3v) is 2.77. The molecule has 0 aromatic heterocycles. The zero-order valence-corrected chi connectivity index (χ0v) is 11.8. The van der Waals surface area contributed by atoms with Crippen LogP contribution in [0.4, 0.5) is 0 Å². The van der Waals surface area contributed by atoms with Crippen LogP contribution in [0.3, 0.4) is 0 Å². The summed E-state index contributed by atoms with van der Waals surface area (Å²) in [6.45, 7) is 0. The van der Waals surface area contributed by atoms with Crippen molar-refractivity contribution in [3.63, 3.8) is 0 Å². The number of rotatable bonds is 9. The number of ether oxygens (including phenoxy) is 1. The lowest BCUT2D eigenvalue weighted by molar-refractivity contribution is -0.145. The molecule has 0 aliphatic rings. The average Bonchev–Trinajstić information content (AvgIpc) is 2.33. The molecule has 0 spiro atoms. The summed E-state index contributed by atoms with van der Waals surface area (Å²) in [5, 5.41) is 2.55. The molecule has 2 atom stereocenters. The van der Waals surface area contributed by atoms with Gasteiger partial charge >= 0.3 is 5.97 Å². The number of primary amides is 1. The Bertz CT molecular complexity index is 297. The first-order valence-corrected chi connectivity index (χ1v) is 6.68. The van der Waals surface area contributed by atoms with Crippen molar-refractivity contribution in [3.05, 3.63) is 0 Å². The summed E-state index contributed by atoms with van der Waals surface area (Å²) >= 11 is 0. The third-order valence-electron chi connectivity index (χ3n) is 2.36. The van der Waals surface area contributed by atoms with Crippen LogP contribution in [0.25, 0.3) is 0 Å². The molecular weight excluding hydrogens is 255 g/mol. The van der Waals surface area contributed by atoms with Gasteiger partial charge in [0.2, 0.25) is 11.8 Å². The third kappa shape index (κ3) is 8.01. The van der Waals surface area contributed by atoms with Gasteiger partial charge in [-0.1, -0.05) is 0 Å². The summed E-state index contributed by atoms with van der Waals surface area (Å²) in [5.74, 6) is -1.29. The maximum Gasteiger partial charge on any atom is 0.328 e. The molecule has 0 aliphatic heterocycles. The Balaban J connectivity index is 4.17. The Hall–Kier alpha value is -1.16. The van der Waals surface area contributed by atoms with Crippen molar-refractivity contribution in [1.82, 2.24) is 5.32 Å². The number of carbonyl (C=O) groups excluding carboxylic acids is 3. The van der Waals surface area contributed by atoms with E-state index in [1.54, 1.807) is 0 Å². The molecule has 3 N–H and O–H groups in total. The molecule has 0 bridgehead atoms. The largest absolute Gasteiger partial charge is 0.467 e. The second-order valence-electron chi connectivity index (χ2n) is 3.89. The van der Waals surface area contributed by atoms with E-state index in [1.807, 2.05) is 0 Å². The lowest BCUT2D eigenvalue weighted by atomic mass is 10.1. The highest BCUT2D eigenvalue weighted by atomic mass is 31.0. The molecule has 0 aromatic rings. The van der Waals surface area contributed by atoms with Crippen molar-refractivity contribution in [1.29, 1.82) is 0 Å². The second kappa shape index (κ2) is 9.83. The molecule has 0 fully saturated rings. The fourth-order valence-corrected chi connectivity index (χ4v) is 1.66. The van der Waals surface area contributed by atoms with Crippen LogP contribution in [0.15, 0.2) is 0 Å². The summed E-state index contributed by atoms with van der Waals surface area (Å²) < 4.78 is 4.56. The van der Waals surface area contributed by atoms with Crippen LogP contribution in [0, 0.1) is 0 Å². The Morgan fingerprint density at radius 2 is 1.94 bits per heavy atom. The van der Waals surface area contributed by atoms with Crippen molar-refractivity contribution < 1.29 is 19.1 Å². The van der Waals surface area contributed by atoms with Crippen LogP contribution in [-0.2, 0) is 19.1 Å². The summed E-state index contributed by atoms with van der Waals surface area (Å²) in [4.78, 5) is 33.6. The quantitative estimate of drug-likeness (QED) is 0.350. The van der Waals surface area contributed by atoms with Gasteiger partial charge < -0.3 is 15.8 Å². The highest BCUT2D eigenvalue weighted by Gasteiger charge is 2.21. The molecule has 104 valence electrons. The molecule has 0 saturated heterocycles. The second-order valence-corrected chi connectivity index (χ2v) is 4.47. The lowest BCUT2D eigenvalue weighted by Gasteiger charge is -2.15. The molecular formula is C11H21N2O4P. The number of nitrogens with one attached hydrogen (secondary N) is 1. The molecule has 18 heavy (non-hydrogen) atoms. The van der Waals surface area contributed by atoms with Crippen LogP contribution < -0.4 is 11.1 Å². The van der Waals surface area contributed by atoms with E-state index in [2.05, 4.69) is 19.3 Å². The lowest BCUT2D eigenvalue weighted by Crippen LogP contribution is -2.42. The van der Waals surface area contributed by atoms with E-state index in [-0.39, 0.29) is 18.7 Å². The molecule has 0 rings (SSSR count). The van der Waals surface area contributed by atoms with Crippen molar-refractivity contribution in [3.8, 4) is 0 Å². The van der Waals surface area contributed by atoms with Crippen LogP contribution in [0.5, 0.6) is 0 Å². The van der Waals surface area contributed by atoms with Gasteiger partial charge in [0.25, 0.3) is 0 Å². The first-order valence-electron chi connectivity index (χ1n) is 5.86. The van der Waals surface area contributed by atoms with E-state index in [1.165, 1.54) is 7.11 Å². The van der Waals surface area contributed by atoms with Crippen molar-refractivity contribution >= 4 is 27.0 Å². The minimum atomic E-state index is -0.800. The predicted molar refractivity (Wildman–Crippen MR) is 70.8 cm³/mol.